The van der Waals surface area contributed by atoms with Crippen molar-refractivity contribution in [3.05, 3.63) is 53.6 Å². The highest BCUT2D eigenvalue weighted by Gasteiger charge is 2.50. The highest BCUT2D eigenvalue weighted by molar-refractivity contribution is 5.91. The van der Waals surface area contributed by atoms with Crippen LogP contribution in [0.1, 0.15) is 41.6 Å². The molecule has 1 saturated heterocycles. The molecule has 40 heavy (non-hydrogen) atoms. The predicted molar refractivity (Wildman–Crippen MR) is 139 cm³/mol. The molecule has 4 N–H and O–H groups in total. The average molecular weight is 568 g/mol. The Kier molecular flexibility index (Phi) is 9.51. The molecule has 0 bridgehead atoms. The first-order valence-electron chi connectivity index (χ1n) is 12.4. The number of aromatic carboxylic acids is 1. The minimum absolute atomic E-state index is 0.0234. The third-order valence-corrected chi connectivity index (χ3v) is 7.45. The fourth-order valence-corrected chi connectivity index (χ4v) is 5.44. The molecule has 10 nitrogen and oxygen atoms in total. The number of fused-ring (bicyclic) bond motifs is 1. The van der Waals surface area contributed by atoms with Crippen LogP contribution in [-0.2, 0) is 10.2 Å². The number of likely N-dealkylation sites (tertiary alicyclic amines) is 1. The van der Waals surface area contributed by atoms with Crippen LogP contribution in [0.5, 0.6) is 11.5 Å². The van der Waals surface area contributed by atoms with Crippen molar-refractivity contribution < 1.29 is 47.2 Å². The van der Waals surface area contributed by atoms with Crippen molar-refractivity contribution in [2.75, 3.05) is 33.1 Å². The molecule has 0 aromatic heterocycles. The summed E-state index contributed by atoms with van der Waals surface area (Å²) in [5.74, 6) is -2.28. The number of anilines is 1. The molecule has 3 atom stereocenters. The van der Waals surface area contributed by atoms with E-state index in [9.17, 15) is 22.8 Å². The summed E-state index contributed by atoms with van der Waals surface area (Å²) in [5.41, 5.74) is 2.03. The first-order valence-corrected chi connectivity index (χ1v) is 12.4. The van der Waals surface area contributed by atoms with Crippen LogP contribution in [0, 0.1) is 0 Å². The van der Waals surface area contributed by atoms with Crippen molar-refractivity contribution in [1.29, 1.82) is 0 Å². The van der Waals surface area contributed by atoms with Crippen LogP contribution >= 0.6 is 0 Å². The number of alkyl halides is 3. The van der Waals surface area contributed by atoms with Crippen LogP contribution < -0.4 is 20.1 Å². The molecule has 0 radical (unpaired) electrons. The number of likely N-dealkylation sites (N-methyl/N-ethyl adjacent to an activating group) is 1. The number of carboxylic acid groups (broad SMARTS) is 2. The maximum Gasteiger partial charge on any atom is 0.490 e. The lowest BCUT2D eigenvalue weighted by Gasteiger charge is -2.45. The minimum atomic E-state index is -5.08. The molecule has 218 valence electrons. The number of urea groups is 1. The van der Waals surface area contributed by atoms with E-state index in [2.05, 4.69) is 34.7 Å². The predicted octanol–water partition coefficient (Wildman–Crippen LogP) is 4.35. The van der Waals surface area contributed by atoms with E-state index in [4.69, 9.17) is 24.5 Å². The zero-order chi connectivity index (χ0) is 29.7. The molecule has 2 amide bonds. The first kappa shape index (κ1) is 30.5. The van der Waals surface area contributed by atoms with Gasteiger partial charge < -0.3 is 35.2 Å². The monoisotopic (exact) mass is 567 g/mol. The Labute approximate surface area is 229 Å². The fourth-order valence-electron chi connectivity index (χ4n) is 5.44. The van der Waals surface area contributed by atoms with E-state index in [0.717, 1.165) is 43.7 Å². The maximum atomic E-state index is 12.6. The number of carbonyl (C=O) groups is 3. The minimum Gasteiger partial charge on any atom is -0.493 e. The molecular weight excluding hydrogens is 535 g/mol. The maximum absolute atomic E-state index is 12.6. The Morgan fingerprint density at radius 1 is 1.00 bits per heavy atom. The molecule has 1 saturated carbocycles. The highest BCUT2D eigenvalue weighted by Crippen LogP contribution is 2.49. The van der Waals surface area contributed by atoms with Gasteiger partial charge in [-0.3, -0.25) is 0 Å². The quantitative estimate of drug-likeness (QED) is 0.404. The number of benzene rings is 2. The highest BCUT2D eigenvalue weighted by atomic mass is 19.4. The molecule has 3 unspecified atom stereocenters. The van der Waals surface area contributed by atoms with Gasteiger partial charge in [-0.15, -0.1) is 0 Å². The van der Waals surface area contributed by atoms with E-state index in [1.54, 1.807) is 26.4 Å². The number of hydrogen-bond donors (Lipinski definition) is 4. The number of rotatable bonds is 6. The molecule has 2 aliphatic rings. The second-order valence-electron chi connectivity index (χ2n) is 9.73. The van der Waals surface area contributed by atoms with E-state index in [-0.39, 0.29) is 23.1 Å². The summed E-state index contributed by atoms with van der Waals surface area (Å²) in [6.45, 7) is 1.01. The largest absolute Gasteiger partial charge is 0.493 e. The van der Waals surface area contributed by atoms with Crippen LogP contribution in [-0.4, -0.2) is 79.2 Å². The second kappa shape index (κ2) is 12.5. The van der Waals surface area contributed by atoms with E-state index < -0.39 is 18.1 Å². The van der Waals surface area contributed by atoms with Crippen molar-refractivity contribution >= 4 is 23.7 Å². The van der Waals surface area contributed by atoms with Crippen molar-refractivity contribution in [3.8, 4) is 11.5 Å². The number of hydrogen-bond acceptors (Lipinski definition) is 6. The molecule has 2 aromatic carbocycles. The van der Waals surface area contributed by atoms with E-state index in [1.807, 2.05) is 6.07 Å². The van der Waals surface area contributed by atoms with Crippen molar-refractivity contribution in [2.24, 2.45) is 0 Å². The summed E-state index contributed by atoms with van der Waals surface area (Å²) in [6, 6.07) is 12.5. The third kappa shape index (κ3) is 6.95. The molecule has 1 heterocycles. The van der Waals surface area contributed by atoms with Gasteiger partial charge >= 0.3 is 24.1 Å². The Morgan fingerprint density at radius 3 is 2.17 bits per heavy atom. The zero-order valence-corrected chi connectivity index (χ0v) is 22.2. The summed E-state index contributed by atoms with van der Waals surface area (Å²) < 4.78 is 42.7. The van der Waals surface area contributed by atoms with Crippen molar-refractivity contribution in [2.45, 2.75) is 49.4 Å². The van der Waals surface area contributed by atoms with Crippen LogP contribution in [0.15, 0.2) is 42.5 Å². The zero-order valence-electron chi connectivity index (χ0n) is 22.2. The van der Waals surface area contributed by atoms with E-state index >= 15 is 0 Å². The van der Waals surface area contributed by atoms with Gasteiger partial charge in [0.05, 0.1) is 19.8 Å². The number of aliphatic carboxylic acids is 1. The van der Waals surface area contributed by atoms with Gasteiger partial charge in [0.15, 0.2) is 11.5 Å². The number of nitrogens with one attached hydrogen (secondary N) is 2. The molecule has 4 rings (SSSR count). The Morgan fingerprint density at radius 2 is 1.62 bits per heavy atom. The summed E-state index contributed by atoms with van der Waals surface area (Å²) in [7, 11) is 5.45. The summed E-state index contributed by atoms with van der Waals surface area (Å²) in [5, 5.41) is 22.1. The van der Waals surface area contributed by atoms with Gasteiger partial charge in [0.2, 0.25) is 0 Å². The standard InChI is InChI=1S/C25H31N3O5.C2HF3O2/c1-28-13-12-25(17-6-9-20(32-2)21(14-17)33-3)11-10-19(15-22(25)28)27-24(31)26-18-7-4-16(5-8-18)23(29)30;3-2(4,5)1(6)7/h4-9,14,19,22H,10-13,15H2,1-3H3,(H,29,30)(H2,26,27,31);(H,6,7). The van der Waals surface area contributed by atoms with Crippen molar-refractivity contribution in [1.82, 2.24) is 10.2 Å². The number of methoxy groups -OCH3 is 2. The smallest absolute Gasteiger partial charge is 0.490 e. The lowest BCUT2D eigenvalue weighted by molar-refractivity contribution is -0.192. The SMILES string of the molecule is COc1ccc(C23CCC(NC(=O)Nc4ccc(C(=O)O)cc4)CC2N(C)CC3)cc1OC.O=C(O)C(F)(F)F. The number of halogens is 3. The first-order chi connectivity index (χ1) is 18.8. The average Bonchev–Trinajstić information content (AvgIpc) is 3.25. The topological polar surface area (TPSA) is 137 Å². The Balaban J connectivity index is 0.000000559. The summed E-state index contributed by atoms with van der Waals surface area (Å²) in [4.78, 5) is 34.9. The second-order valence-corrected chi connectivity index (χ2v) is 9.73. The number of carbonyl (C=O) groups excluding carboxylic acids is 1. The van der Waals surface area contributed by atoms with E-state index in [1.165, 1.54) is 17.7 Å². The number of amides is 2. The molecule has 13 heteroatoms. The molecule has 2 fully saturated rings. The number of ether oxygens (including phenoxy) is 2. The fraction of sp³-hybridized carbons (Fsp3) is 0.444. The normalized spacial score (nSPS) is 22.2. The van der Waals surface area contributed by atoms with Crippen LogP contribution in [0.3, 0.4) is 0 Å². The molecular formula is C27H32F3N3O7. The Hall–Kier alpha value is -4.00. The Bertz CT molecular complexity index is 1220. The summed E-state index contributed by atoms with van der Waals surface area (Å²) in [6.07, 6.45) is -1.31. The van der Waals surface area contributed by atoms with Crippen molar-refractivity contribution in [3.63, 3.8) is 0 Å². The van der Waals surface area contributed by atoms with E-state index in [0.29, 0.717) is 11.7 Å². The van der Waals surface area contributed by atoms with Gasteiger partial charge in [-0.1, -0.05) is 6.07 Å². The molecule has 2 aromatic rings. The number of nitrogens with zero attached hydrogens (tertiary/aromatic N) is 1. The van der Waals surface area contributed by atoms with Crippen LogP contribution in [0.2, 0.25) is 0 Å². The molecule has 0 spiro atoms. The van der Waals surface area contributed by atoms with Gasteiger partial charge in [-0.2, -0.15) is 13.2 Å². The molecule has 1 aliphatic heterocycles. The van der Waals surface area contributed by atoms with Gasteiger partial charge in [0.25, 0.3) is 0 Å². The van der Waals surface area contributed by atoms with Gasteiger partial charge in [0, 0.05) is 23.2 Å². The van der Waals surface area contributed by atoms with Gasteiger partial charge in [-0.05, 0) is 81.2 Å². The molecule has 1 aliphatic carbocycles. The van der Waals surface area contributed by atoms with Gasteiger partial charge in [0.1, 0.15) is 0 Å². The van der Waals surface area contributed by atoms with Crippen LogP contribution in [0.25, 0.3) is 0 Å². The number of carboxylic acids is 2. The van der Waals surface area contributed by atoms with Crippen LogP contribution in [0.4, 0.5) is 23.7 Å². The lowest BCUT2D eigenvalue weighted by Crippen LogP contribution is -2.52. The third-order valence-electron chi connectivity index (χ3n) is 7.45. The summed E-state index contributed by atoms with van der Waals surface area (Å²) >= 11 is 0. The van der Waals surface area contributed by atoms with Gasteiger partial charge in [-0.25, -0.2) is 14.4 Å². The lowest BCUT2D eigenvalue weighted by atomic mass is 9.65.